The second kappa shape index (κ2) is 9.18. The van der Waals surface area contributed by atoms with Crippen LogP contribution in [-0.4, -0.2) is 38.9 Å². The van der Waals surface area contributed by atoms with Crippen LogP contribution in [0.2, 0.25) is 0 Å². The number of guanidine groups is 1. The van der Waals surface area contributed by atoms with Gasteiger partial charge >= 0.3 is 0 Å². The third-order valence-corrected chi connectivity index (χ3v) is 5.60. The molecule has 0 saturated carbocycles. The minimum absolute atomic E-state index is 0. The molecule has 1 fully saturated rings. The number of nitrogens with two attached hydrogens (primary N) is 1. The van der Waals surface area contributed by atoms with E-state index in [1.807, 2.05) is 13.0 Å². The zero-order chi connectivity index (χ0) is 17.8. The molecule has 1 atom stereocenters. The summed E-state index contributed by atoms with van der Waals surface area (Å²) in [5.74, 6) is 0.885. The Bertz CT molecular complexity index is 708. The summed E-state index contributed by atoms with van der Waals surface area (Å²) >= 11 is 0. The second-order valence-corrected chi connectivity index (χ2v) is 8.26. The summed E-state index contributed by atoms with van der Waals surface area (Å²) in [4.78, 5) is 7.10. The molecular formula is C17H29IN4O2S. The van der Waals surface area contributed by atoms with Crippen molar-refractivity contribution in [2.75, 3.05) is 19.6 Å². The van der Waals surface area contributed by atoms with Crippen molar-refractivity contribution < 1.29 is 8.42 Å². The molecule has 0 bridgehead atoms. The van der Waals surface area contributed by atoms with E-state index in [9.17, 15) is 8.42 Å². The monoisotopic (exact) mass is 480 g/mol. The fourth-order valence-corrected chi connectivity index (χ4v) is 3.49. The van der Waals surface area contributed by atoms with Gasteiger partial charge in [-0.15, -0.1) is 24.0 Å². The largest absolute Gasteiger partial charge is 0.357 e. The van der Waals surface area contributed by atoms with Gasteiger partial charge in [0.25, 0.3) is 0 Å². The summed E-state index contributed by atoms with van der Waals surface area (Å²) in [6.07, 6.45) is 2.31. The molecule has 25 heavy (non-hydrogen) atoms. The molecule has 6 nitrogen and oxygen atoms in total. The molecule has 3 N–H and O–H groups in total. The maximum atomic E-state index is 11.5. The van der Waals surface area contributed by atoms with Gasteiger partial charge in [0.15, 0.2) is 5.96 Å². The average Bonchev–Trinajstić information content (AvgIpc) is 2.94. The van der Waals surface area contributed by atoms with Gasteiger partial charge < -0.3 is 10.2 Å². The van der Waals surface area contributed by atoms with Crippen LogP contribution in [0.4, 0.5) is 0 Å². The average molecular weight is 480 g/mol. The summed E-state index contributed by atoms with van der Waals surface area (Å²) in [5, 5.41) is 8.52. The summed E-state index contributed by atoms with van der Waals surface area (Å²) < 4.78 is 22.9. The number of aliphatic imine (C=N–C) groups is 1. The van der Waals surface area contributed by atoms with Crippen LogP contribution in [0.15, 0.2) is 34.2 Å². The Labute approximate surface area is 168 Å². The van der Waals surface area contributed by atoms with Gasteiger partial charge in [-0.2, -0.15) is 0 Å². The van der Waals surface area contributed by atoms with E-state index in [4.69, 9.17) is 5.14 Å². The second-order valence-electron chi connectivity index (χ2n) is 6.70. The number of nitrogens with one attached hydrogen (secondary N) is 1. The van der Waals surface area contributed by atoms with Gasteiger partial charge in [-0.25, -0.2) is 18.5 Å². The van der Waals surface area contributed by atoms with E-state index in [0.717, 1.165) is 44.0 Å². The predicted molar refractivity (Wildman–Crippen MR) is 113 cm³/mol. The van der Waals surface area contributed by atoms with Crippen molar-refractivity contribution in [3.05, 3.63) is 29.8 Å². The molecule has 0 aliphatic carbocycles. The van der Waals surface area contributed by atoms with Crippen molar-refractivity contribution in [3.8, 4) is 0 Å². The Hall–Kier alpha value is -0.870. The van der Waals surface area contributed by atoms with Crippen LogP contribution in [0.3, 0.4) is 0 Å². The maximum Gasteiger partial charge on any atom is 0.238 e. The zero-order valence-corrected chi connectivity index (χ0v) is 18.3. The summed E-state index contributed by atoms with van der Waals surface area (Å²) in [6, 6.07) is 6.65. The van der Waals surface area contributed by atoms with E-state index in [1.54, 1.807) is 12.1 Å². The Morgan fingerprint density at radius 3 is 2.68 bits per heavy atom. The van der Waals surface area contributed by atoms with Gasteiger partial charge in [-0.05, 0) is 42.9 Å². The quantitative estimate of drug-likeness (QED) is 0.385. The number of hydrogen-bond acceptors (Lipinski definition) is 3. The molecule has 0 aromatic heterocycles. The van der Waals surface area contributed by atoms with Crippen LogP contribution >= 0.6 is 24.0 Å². The van der Waals surface area contributed by atoms with Crippen LogP contribution < -0.4 is 10.5 Å². The third kappa shape index (κ3) is 6.10. The molecule has 142 valence electrons. The van der Waals surface area contributed by atoms with E-state index >= 15 is 0 Å². The number of nitrogens with zero attached hydrogens (tertiary/aromatic N) is 2. The molecule has 1 saturated heterocycles. The first-order valence-corrected chi connectivity index (χ1v) is 9.97. The highest BCUT2D eigenvalue weighted by molar-refractivity contribution is 14.0. The van der Waals surface area contributed by atoms with Gasteiger partial charge in [0.2, 0.25) is 10.0 Å². The van der Waals surface area contributed by atoms with Crippen LogP contribution in [0.1, 0.15) is 39.2 Å². The normalized spacial score (nSPS) is 21.1. The lowest BCUT2D eigenvalue weighted by Gasteiger charge is -2.25. The molecule has 0 amide bonds. The summed E-state index contributed by atoms with van der Waals surface area (Å²) in [7, 11) is -3.68. The van der Waals surface area contributed by atoms with Crippen molar-refractivity contribution in [2.45, 2.75) is 45.1 Å². The molecule has 1 heterocycles. The molecule has 0 radical (unpaired) electrons. The molecule has 8 heteroatoms. The first-order valence-electron chi connectivity index (χ1n) is 8.42. The van der Waals surface area contributed by atoms with Gasteiger partial charge in [0, 0.05) is 19.6 Å². The molecule has 1 unspecified atom stereocenters. The van der Waals surface area contributed by atoms with Crippen LogP contribution in [0.5, 0.6) is 0 Å². The van der Waals surface area contributed by atoms with E-state index < -0.39 is 10.0 Å². The molecule has 0 spiro atoms. The van der Waals surface area contributed by atoms with Crippen LogP contribution in [0, 0.1) is 5.41 Å². The molecular weight excluding hydrogens is 451 g/mol. The highest BCUT2D eigenvalue weighted by Gasteiger charge is 2.33. The first kappa shape index (κ1) is 22.2. The number of benzene rings is 1. The van der Waals surface area contributed by atoms with Crippen molar-refractivity contribution in [2.24, 2.45) is 15.5 Å². The first-order chi connectivity index (χ1) is 11.3. The Morgan fingerprint density at radius 2 is 2.12 bits per heavy atom. The van der Waals surface area contributed by atoms with Crippen molar-refractivity contribution >= 4 is 40.0 Å². The van der Waals surface area contributed by atoms with Gasteiger partial charge in [0.05, 0.1) is 11.4 Å². The minimum atomic E-state index is -3.68. The number of primary sulfonamides is 1. The third-order valence-electron chi connectivity index (χ3n) is 4.68. The maximum absolute atomic E-state index is 11.5. The zero-order valence-electron chi connectivity index (χ0n) is 15.2. The van der Waals surface area contributed by atoms with Gasteiger partial charge in [0.1, 0.15) is 0 Å². The lowest BCUT2D eigenvalue weighted by atomic mass is 9.87. The fraction of sp³-hybridized carbons (Fsp3) is 0.588. The highest BCUT2D eigenvalue weighted by atomic mass is 127. The van der Waals surface area contributed by atoms with Crippen LogP contribution in [-0.2, 0) is 16.6 Å². The minimum Gasteiger partial charge on any atom is -0.357 e. The number of halogens is 1. The summed E-state index contributed by atoms with van der Waals surface area (Å²) in [6.45, 7) is 9.80. The molecule has 1 aromatic carbocycles. The standard InChI is InChI=1S/C17H28N4O2S.HI/c1-4-17(3)9-10-21(13-17)16(19-5-2)20-12-14-7-6-8-15(11-14)24(18,22)23;/h6-8,11H,4-5,9-10,12-13H2,1-3H3,(H,19,20)(H2,18,22,23);1H. The van der Waals surface area contributed by atoms with E-state index in [-0.39, 0.29) is 28.9 Å². The van der Waals surface area contributed by atoms with Gasteiger partial charge in [-0.3, -0.25) is 0 Å². The molecule has 1 aliphatic rings. The number of hydrogen-bond donors (Lipinski definition) is 2. The lowest BCUT2D eigenvalue weighted by molar-refractivity contribution is 0.322. The Morgan fingerprint density at radius 1 is 1.40 bits per heavy atom. The fourth-order valence-electron chi connectivity index (χ4n) is 2.91. The van der Waals surface area contributed by atoms with E-state index in [0.29, 0.717) is 12.0 Å². The Kier molecular flexibility index (Phi) is 8.14. The van der Waals surface area contributed by atoms with Gasteiger partial charge in [-0.1, -0.05) is 26.0 Å². The number of likely N-dealkylation sites (tertiary alicyclic amines) is 1. The number of rotatable bonds is 5. The summed E-state index contributed by atoms with van der Waals surface area (Å²) in [5.41, 5.74) is 1.17. The molecule has 1 aliphatic heterocycles. The topological polar surface area (TPSA) is 87.8 Å². The number of sulfonamides is 1. The van der Waals surface area contributed by atoms with Crippen molar-refractivity contribution in [1.29, 1.82) is 0 Å². The SMILES string of the molecule is CCNC(=NCc1cccc(S(N)(=O)=O)c1)N1CCC(C)(CC)C1.I. The molecule has 2 rings (SSSR count). The lowest BCUT2D eigenvalue weighted by Crippen LogP contribution is -2.41. The van der Waals surface area contributed by atoms with Crippen molar-refractivity contribution in [3.63, 3.8) is 0 Å². The smallest absolute Gasteiger partial charge is 0.238 e. The van der Waals surface area contributed by atoms with Crippen molar-refractivity contribution in [1.82, 2.24) is 10.2 Å². The van der Waals surface area contributed by atoms with E-state index in [1.165, 1.54) is 6.07 Å². The highest BCUT2D eigenvalue weighted by Crippen LogP contribution is 2.32. The Balaban J connectivity index is 0.00000312. The predicted octanol–water partition coefficient (Wildman–Crippen LogP) is 2.54. The van der Waals surface area contributed by atoms with Crippen LogP contribution in [0.25, 0.3) is 0 Å². The molecule has 1 aromatic rings. The van der Waals surface area contributed by atoms with E-state index in [2.05, 4.69) is 29.1 Å².